The maximum atomic E-state index is 12.9. The molecule has 4 rings (SSSR count). The molecule has 1 aliphatic heterocycles. The Kier molecular flexibility index (Phi) is 4.46. The van der Waals surface area contributed by atoms with Crippen LogP contribution in [0.2, 0.25) is 0 Å². The van der Waals surface area contributed by atoms with Crippen molar-refractivity contribution in [2.45, 2.75) is 6.54 Å². The lowest BCUT2D eigenvalue weighted by atomic mass is 10.2. The highest BCUT2D eigenvalue weighted by Crippen LogP contribution is 2.33. The first-order valence-electron chi connectivity index (χ1n) is 8.11. The second kappa shape index (κ2) is 7.22. The summed E-state index contributed by atoms with van der Waals surface area (Å²) in [5.74, 6) is 2.06. The third-order valence-electron chi connectivity index (χ3n) is 3.74. The fourth-order valence-corrected chi connectivity index (χ4v) is 2.49. The van der Waals surface area contributed by atoms with Crippen molar-refractivity contribution in [1.29, 1.82) is 0 Å². The van der Waals surface area contributed by atoms with Gasteiger partial charge in [-0.1, -0.05) is 12.1 Å². The van der Waals surface area contributed by atoms with E-state index in [4.69, 9.17) is 9.47 Å². The van der Waals surface area contributed by atoms with Gasteiger partial charge in [-0.25, -0.2) is 4.39 Å². The van der Waals surface area contributed by atoms with Crippen LogP contribution >= 0.6 is 0 Å². The number of ether oxygens (including phenoxy) is 2. The topological polar surface area (TPSA) is 81.2 Å². The van der Waals surface area contributed by atoms with E-state index in [2.05, 4.69) is 25.8 Å². The number of halogens is 1. The monoisotopic (exact) mass is 353 g/mol. The van der Waals surface area contributed by atoms with Crippen molar-refractivity contribution in [3.8, 4) is 11.5 Å². The number of hydrogen-bond acceptors (Lipinski definition) is 7. The SMILES string of the molecule is Fc1ccc(CNc2nncc(Nc3ccc4c(c3)OCCO4)n2)cc1. The molecule has 2 N–H and O–H groups in total. The molecule has 0 amide bonds. The van der Waals surface area contributed by atoms with Crippen molar-refractivity contribution >= 4 is 17.5 Å². The molecule has 7 nitrogen and oxygen atoms in total. The Hall–Kier alpha value is -3.42. The van der Waals surface area contributed by atoms with Crippen LogP contribution < -0.4 is 20.1 Å². The van der Waals surface area contributed by atoms with Gasteiger partial charge < -0.3 is 20.1 Å². The van der Waals surface area contributed by atoms with Gasteiger partial charge in [0.2, 0.25) is 5.95 Å². The Morgan fingerprint density at radius 1 is 1.00 bits per heavy atom. The average Bonchev–Trinajstić information content (AvgIpc) is 2.68. The highest BCUT2D eigenvalue weighted by Gasteiger charge is 2.12. The number of anilines is 3. The lowest BCUT2D eigenvalue weighted by Crippen LogP contribution is -2.15. The summed E-state index contributed by atoms with van der Waals surface area (Å²) in [6.45, 7) is 1.55. The van der Waals surface area contributed by atoms with E-state index >= 15 is 0 Å². The minimum absolute atomic E-state index is 0.266. The third-order valence-corrected chi connectivity index (χ3v) is 3.74. The van der Waals surface area contributed by atoms with Crippen LogP contribution in [-0.4, -0.2) is 28.4 Å². The summed E-state index contributed by atoms with van der Waals surface area (Å²) >= 11 is 0. The van der Waals surface area contributed by atoms with Gasteiger partial charge in [-0.3, -0.25) is 0 Å². The molecule has 0 unspecified atom stereocenters. The van der Waals surface area contributed by atoms with Crippen LogP contribution in [0, 0.1) is 5.82 Å². The van der Waals surface area contributed by atoms with E-state index in [1.165, 1.54) is 18.3 Å². The Bertz CT molecular complexity index is 904. The Morgan fingerprint density at radius 3 is 2.65 bits per heavy atom. The molecule has 0 atom stereocenters. The van der Waals surface area contributed by atoms with Gasteiger partial charge in [0.15, 0.2) is 17.3 Å². The fraction of sp³-hybridized carbons (Fsp3) is 0.167. The quantitative estimate of drug-likeness (QED) is 0.729. The number of aromatic nitrogens is 3. The molecule has 0 saturated heterocycles. The van der Waals surface area contributed by atoms with E-state index in [-0.39, 0.29) is 5.82 Å². The van der Waals surface area contributed by atoms with E-state index in [1.807, 2.05) is 18.2 Å². The molecular formula is C18H16FN5O2. The largest absolute Gasteiger partial charge is 0.486 e. The Labute approximate surface area is 149 Å². The number of nitrogens with one attached hydrogen (secondary N) is 2. The maximum absolute atomic E-state index is 12.9. The molecule has 2 aromatic carbocycles. The zero-order chi connectivity index (χ0) is 17.8. The Morgan fingerprint density at radius 2 is 1.81 bits per heavy atom. The molecule has 0 fully saturated rings. The summed E-state index contributed by atoms with van der Waals surface area (Å²) in [4.78, 5) is 4.37. The first-order chi connectivity index (χ1) is 12.8. The van der Waals surface area contributed by atoms with Crippen molar-refractivity contribution in [3.05, 3.63) is 60.0 Å². The van der Waals surface area contributed by atoms with Gasteiger partial charge in [0.05, 0.1) is 6.20 Å². The van der Waals surface area contributed by atoms with E-state index in [0.29, 0.717) is 37.3 Å². The van der Waals surface area contributed by atoms with Gasteiger partial charge in [0.1, 0.15) is 19.0 Å². The fourth-order valence-electron chi connectivity index (χ4n) is 2.49. The van der Waals surface area contributed by atoms with Gasteiger partial charge in [-0.15, -0.1) is 5.10 Å². The summed E-state index contributed by atoms with van der Waals surface area (Å²) in [7, 11) is 0. The number of fused-ring (bicyclic) bond motifs is 1. The molecule has 0 spiro atoms. The van der Waals surface area contributed by atoms with Crippen LogP contribution in [0.3, 0.4) is 0 Å². The molecule has 0 aliphatic carbocycles. The average molecular weight is 353 g/mol. The molecule has 132 valence electrons. The first kappa shape index (κ1) is 16.1. The third kappa shape index (κ3) is 3.80. The smallest absolute Gasteiger partial charge is 0.244 e. The van der Waals surface area contributed by atoms with Crippen LogP contribution in [0.1, 0.15) is 5.56 Å². The molecule has 1 aliphatic rings. The summed E-state index contributed by atoms with van der Waals surface area (Å²) < 4.78 is 24.0. The minimum atomic E-state index is -0.266. The molecule has 0 saturated carbocycles. The molecule has 0 bridgehead atoms. The van der Waals surface area contributed by atoms with Crippen molar-refractivity contribution in [2.75, 3.05) is 23.8 Å². The summed E-state index contributed by atoms with van der Waals surface area (Å²) in [5.41, 5.74) is 1.72. The predicted octanol–water partition coefficient (Wildman–Crippen LogP) is 3.14. The lowest BCUT2D eigenvalue weighted by molar-refractivity contribution is 0.171. The van der Waals surface area contributed by atoms with E-state index in [1.54, 1.807) is 12.1 Å². The van der Waals surface area contributed by atoms with Crippen molar-refractivity contribution in [1.82, 2.24) is 15.2 Å². The van der Waals surface area contributed by atoms with Gasteiger partial charge >= 0.3 is 0 Å². The lowest BCUT2D eigenvalue weighted by Gasteiger charge is -2.19. The van der Waals surface area contributed by atoms with Crippen molar-refractivity contribution in [2.24, 2.45) is 0 Å². The summed E-state index contributed by atoms with van der Waals surface area (Å²) in [6, 6.07) is 11.8. The van der Waals surface area contributed by atoms with Crippen LogP contribution in [-0.2, 0) is 6.54 Å². The molecule has 3 aromatic rings. The molecular weight excluding hydrogens is 337 g/mol. The van der Waals surface area contributed by atoms with Gasteiger partial charge in [-0.05, 0) is 29.8 Å². The molecule has 2 heterocycles. The second-order valence-corrected chi connectivity index (χ2v) is 5.63. The van der Waals surface area contributed by atoms with Crippen LogP contribution in [0.15, 0.2) is 48.7 Å². The molecule has 1 aromatic heterocycles. The highest BCUT2D eigenvalue weighted by molar-refractivity contribution is 5.61. The number of nitrogens with zero attached hydrogens (tertiary/aromatic N) is 3. The van der Waals surface area contributed by atoms with Crippen LogP contribution in [0.4, 0.5) is 21.8 Å². The van der Waals surface area contributed by atoms with Gasteiger partial charge in [0, 0.05) is 18.3 Å². The van der Waals surface area contributed by atoms with Gasteiger partial charge in [-0.2, -0.15) is 10.1 Å². The second-order valence-electron chi connectivity index (χ2n) is 5.63. The number of rotatable bonds is 5. The molecule has 0 radical (unpaired) electrons. The van der Waals surface area contributed by atoms with E-state index in [9.17, 15) is 4.39 Å². The van der Waals surface area contributed by atoms with E-state index in [0.717, 1.165) is 17.0 Å². The van der Waals surface area contributed by atoms with E-state index < -0.39 is 0 Å². The zero-order valence-electron chi connectivity index (χ0n) is 13.8. The summed E-state index contributed by atoms with van der Waals surface area (Å²) in [5, 5.41) is 14.1. The molecule has 8 heteroatoms. The van der Waals surface area contributed by atoms with Gasteiger partial charge in [0.25, 0.3) is 0 Å². The van der Waals surface area contributed by atoms with Crippen molar-refractivity contribution < 1.29 is 13.9 Å². The maximum Gasteiger partial charge on any atom is 0.244 e. The van der Waals surface area contributed by atoms with Crippen LogP contribution in [0.5, 0.6) is 11.5 Å². The first-order valence-corrected chi connectivity index (χ1v) is 8.11. The summed E-state index contributed by atoms with van der Waals surface area (Å²) in [6.07, 6.45) is 1.53. The number of hydrogen-bond donors (Lipinski definition) is 2. The zero-order valence-corrected chi connectivity index (χ0v) is 13.8. The predicted molar refractivity (Wildman–Crippen MR) is 94.3 cm³/mol. The highest BCUT2D eigenvalue weighted by atomic mass is 19.1. The normalized spacial score (nSPS) is 12.5. The number of benzene rings is 2. The van der Waals surface area contributed by atoms with Crippen LogP contribution in [0.25, 0.3) is 0 Å². The Balaban J connectivity index is 1.43. The van der Waals surface area contributed by atoms with Crippen molar-refractivity contribution in [3.63, 3.8) is 0 Å². The standard InChI is InChI=1S/C18H16FN5O2/c19-13-3-1-12(2-4-13)10-20-18-23-17(11-21-24-18)22-14-5-6-15-16(9-14)26-8-7-25-15/h1-6,9,11H,7-8,10H2,(H2,20,22,23,24). The molecule has 26 heavy (non-hydrogen) atoms. The minimum Gasteiger partial charge on any atom is -0.486 e.